The van der Waals surface area contributed by atoms with Gasteiger partial charge >= 0.3 is 0 Å². The summed E-state index contributed by atoms with van der Waals surface area (Å²) in [5.74, 6) is 0. The lowest BCUT2D eigenvalue weighted by Crippen LogP contribution is -2.29. The quantitative estimate of drug-likeness (QED) is 0.152. The molecular weight excluding hydrogens is 1040 g/mol. The van der Waals surface area contributed by atoms with Gasteiger partial charge in [-0.25, -0.2) is 0 Å². The Balaban J connectivity index is 0.991. The van der Waals surface area contributed by atoms with Crippen molar-refractivity contribution in [2.75, 3.05) is 9.80 Å². The molecule has 0 fully saturated rings. The normalized spacial score (nSPS) is 16.2. The first kappa shape index (κ1) is 48.3. The SMILES string of the molecule is c1ccc(-c2ccccc2N(c2ccccc2)c2ccc3c(c2)C2(C4=C3C3(c5cc(N(c6ccccc6)c6ccccc6-c6ccccc6)ccc54)c4ccccc4-c4c3ccc3cccnc43)c3ccccc3-c3c2ccc2cccnc32)cc1. The molecule has 4 aliphatic rings. The van der Waals surface area contributed by atoms with Crippen molar-refractivity contribution < 1.29 is 0 Å². The number of allylic oxidation sites excluding steroid dienone is 2. The summed E-state index contributed by atoms with van der Waals surface area (Å²) in [6.07, 6.45) is 3.92. The van der Waals surface area contributed by atoms with Gasteiger partial charge in [-0.05, 0) is 151 Å². The number of anilines is 6. The number of nitrogens with zero attached hydrogens (tertiary/aromatic N) is 4. The van der Waals surface area contributed by atoms with Gasteiger partial charge in [-0.2, -0.15) is 0 Å². The summed E-state index contributed by atoms with van der Waals surface area (Å²) in [6.45, 7) is 0. The number of fused-ring (bicyclic) bond motifs is 22. The number of para-hydroxylation sites is 4. The topological polar surface area (TPSA) is 32.3 Å². The molecule has 0 saturated heterocycles. The predicted molar refractivity (Wildman–Crippen MR) is 354 cm³/mol. The van der Waals surface area contributed by atoms with Crippen LogP contribution in [0.4, 0.5) is 34.1 Å². The van der Waals surface area contributed by atoms with E-state index in [9.17, 15) is 0 Å². The fourth-order valence-electron chi connectivity index (χ4n) is 15.7. The highest BCUT2D eigenvalue weighted by atomic mass is 15.2. The van der Waals surface area contributed by atoms with Crippen molar-refractivity contribution in [3.8, 4) is 44.5 Å². The molecule has 2 heterocycles. The van der Waals surface area contributed by atoms with E-state index >= 15 is 0 Å². The van der Waals surface area contributed by atoms with E-state index in [4.69, 9.17) is 9.97 Å². The molecule has 0 radical (unpaired) electrons. The second-order valence-corrected chi connectivity index (χ2v) is 23.0. The van der Waals surface area contributed by atoms with Crippen LogP contribution in [0.25, 0.3) is 77.5 Å². The van der Waals surface area contributed by atoms with Crippen molar-refractivity contribution in [2.24, 2.45) is 0 Å². The summed E-state index contributed by atoms with van der Waals surface area (Å²) < 4.78 is 0. The molecule has 2 unspecified atom stereocenters. The van der Waals surface area contributed by atoms with E-state index in [0.717, 1.165) is 78.2 Å². The molecule has 2 spiro atoms. The molecule has 0 saturated carbocycles. The Labute approximate surface area is 499 Å². The Hall–Kier alpha value is -11.2. The molecule has 400 valence electrons. The van der Waals surface area contributed by atoms with Crippen LogP contribution in [0.2, 0.25) is 0 Å². The third-order valence-corrected chi connectivity index (χ3v) is 18.9. The Morgan fingerprint density at radius 2 is 0.616 bits per heavy atom. The molecule has 0 bridgehead atoms. The second-order valence-electron chi connectivity index (χ2n) is 23.0. The van der Waals surface area contributed by atoms with E-state index in [-0.39, 0.29) is 0 Å². The standard InChI is InChI=1S/C82H52N4/c1-5-23-53(24-6-1)61-33-15-19-39-73(61)85(57-29-9-3-10-30-57)59-43-45-65-71(51-59)81(67-37-17-13-35-63(67)75-69(81)47-41-55-27-21-49-83-79(55)75)78-66-46-44-60(86(58-31-11-4-12-32-58)74-40-20-16-34-62(74)54-25-7-2-8-26-54)52-72(66)82(77(65)78)68-38-18-14-36-64(68)76-70(82)48-42-56-28-22-50-84-80(56)76/h1-52H. The maximum atomic E-state index is 5.30. The highest BCUT2D eigenvalue weighted by Crippen LogP contribution is 2.75. The van der Waals surface area contributed by atoms with Crippen molar-refractivity contribution >= 4 is 67.1 Å². The number of hydrogen-bond acceptors (Lipinski definition) is 4. The molecule has 4 heteroatoms. The van der Waals surface area contributed by atoms with E-state index in [1.54, 1.807) is 0 Å². The lowest BCUT2D eigenvalue weighted by Gasteiger charge is -2.37. The predicted octanol–water partition coefficient (Wildman–Crippen LogP) is 20.6. The minimum atomic E-state index is -0.814. The van der Waals surface area contributed by atoms with E-state index in [0.29, 0.717) is 0 Å². The van der Waals surface area contributed by atoms with Crippen LogP contribution >= 0.6 is 0 Å². The van der Waals surface area contributed by atoms with Gasteiger partial charge in [0.25, 0.3) is 0 Å². The molecule has 4 nitrogen and oxygen atoms in total. The Morgan fingerprint density at radius 1 is 0.244 bits per heavy atom. The molecule has 2 atom stereocenters. The van der Waals surface area contributed by atoms with Crippen LogP contribution in [0, 0.1) is 0 Å². The molecule has 18 rings (SSSR count). The van der Waals surface area contributed by atoms with E-state index in [2.05, 4.69) is 313 Å². The number of aromatic nitrogens is 2. The van der Waals surface area contributed by atoms with Crippen LogP contribution in [-0.4, -0.2) is 9.97 Å². The third-order valence-electron chi connectivity index (χ3n) is 18.9. The number of hydrogen-bond donors (Lipinski definition) is 0. The Kier molecular flexibility index (Phi) is 10.5. The average Bonchev–Trinajstić information content (AvgIpc) is 1.47. The molecule has 4 aliphatic carbocycles. The van der Waals surface area contributed by atoms with E-state index < -0.39 is 10.8 Å². The minimum absolute atomic E-state index is 0.814. The van der Waals surface area contributed by atoms with Gasteiger partial charge < -0.3 is 9.80 Å². The molecule has 86 heavy (non-hydrogen) atoms. The largest absolute Gasteiger partial charge is 0.310 e. The Morgan fingerprint density at radius 3 is 1.05 bits per heavy atom. The van der Waals surface area contributed by atoms with Crippen LogP contribution < -0.4 is 9.80 Å². The molecule has 0 amide bonds. The molecule has 2 aromatic heterocycles. The van der Waals surface area contributed by atoms with Crippen LogP contribution in [0.15, 0.2) is 316 Å². The average molecular weight is 1090 g/mol. The number of benzene rings is 12. The van der Waals surface area contributed by atoms with Gasteiger partial charge in [0, 0.05) is 68.2 Å². The third kappa shape index (κ3) is 6.58. The minimum Gasteiger partial charge on any atom is -0.310 e. The molecule has 0 aliphatic heterocycles. The van der Waals surface area contributed by atoms with Crippen molar-refractivity contribution in [1.29, 1.82) is 0 Å². The first-order chi connectivity index (χ1) is 42.7. The van der Waals surface area contributed by atoms with Crippen molar-refractivity contribution in [3.63, 3.8) is 0 Å². The van der Waals surface area contributed by atoms with Crippen LogP contribution in [0.3, 0.4) is 0 Å². The van der Waals surface area contributed by atoms with Crippen LogP contribution in [0.5, 0.6) is 0 Å². The number of rotatable bonds is 8. The molecular formula is C82H52N4. The fourth-order valence-corrected chi connectivity index (χ4v) is 15.7. The van der Waals surface area contributed by atoms with Crippen LogP contribution in [-0.2, 0) is 10.8 Å². The monoisotopic (exact) mass is 1090 g/mol. The van der Waals surface area contributed by atoms with Gasteiger partial charge in [-0.15, -0.1) is 0 Å². The zero-order valence-corrected chi connectivity index (χ0v) is 46.8. The molecule has 0 N–H and O–H groups in total. The van der Waals surface area contributed by atoms with Crippen LogP contribution in [0.1, 0.15) is 44.5 Å². The molecule has 12 aromatic carbocycles. The van der Waals surface area contributed by atoms with Gasteiger partial charge in [0.15, 0.2) is 0 Å². The summed E-state index contributed by atoms with van der Waals surface area (Å²) in [5.41, 5.74) is 28.9. The van der Waals surface area contributed by atoms with Gasteiger partial charge in [0.05, 0.1) is 33.2 Å². The zero-order chi connectivity index (χ0) is 56.5. The summed E-state index contributed by atoms with van der Waals surface area (Å²) in [6, 6.07) is 113. The summed E-state index contributed by atoms with van der Waals surface area (Å²) >= 11 is 0. The van der Waals surface area contributed by atoms with Gasteiger partial charge in [0.2, 0.25) is 0 Å². The Bertz CT molecular complexity index is 4810. The smallest absolute Gasteiger partial charge is 0.0783 e. The first-order valence-corrected chi connectivity index (χ1v) is 29.7. The summed E-state index contributed by atoms with van der Waals surface area (Å²) in [4.78, 5) is 15.5. The van der Waals surface area contributed by atoms with Gasteiger partial charge in [0.1, 0.15) is 0 Å². The zero-order valence-electron chi connectivity index (χ0n) is 46.8. The van der Waals surface area contributed by atoms with E-state index in [1.807, 2.05) is 12.4 Å². The first-order valence-electron chi connectivity index (χ1n) is 29.7. The maximum absolute atomic E-state index is 5.30. The highest BCUT2D eigenvalue weighted by Gasteiger charge is 2.64. The molecule has 14 aromatic rings. The second kappa shape index (κ2) is 18.7. The van der Waals surface area contributed by atoms with E-state index in [1.165, 1.54) is 77.9 Å². The lowest BCUT2D eigenvalue weighted by atomic mass is 9.66. The summed E-state index contributed by atoms with van der Waals surface area (Å²) in [5, 5.41) is 2.24. The maximum Gasteiger partial charge on any atom is 0.0783 e. The van der Waals surface area contributed by atoms with Crippen molar-refractivity contribution in [3.05, 3.63) is 360 Å². The summed E-state index contributed by atoms with van der Waals surface area (Å²) in [7, 11) is 0. The van der Waals surface area contributed by atoms with Crippen molar-refractivity contribution in [2.45, 2.75) is 10.8 Å². The van der Waals surface area contributed by atoms with Gasteiger partial charge in [-0.3, -0.25) is 9.97 Å². The van der Waals surface area contributed by atoms with Crippen molar-refractivity contribution in [1.82, 2.24) is 9.97 Å². The fraction of sp³-hybridized carbons (Fsp3) is 0.0244. The lowest BCUT2D eigenvalue weighted by molar-refractivity contribution is 0.826. The van der Waals surface area contributed by atoms with Gasteiger partial charge in [-0.1, -0.05) is 231 Å². The number of pyridine rings is 2. The highest BCUT2D eigenvalue weighted by molar-refractivity contribution is 6.22.